The molecule has 2 heterocycles. The van der Waals surface area contributed by atoms with Crippen LogP contribution in [0.3, 0.4) is 0 Å². The van der Waals surface area contributed by atoms with Gasteiger partial charge in [0.15, 0.2) is 0 Å². The molecule has 0 bridgehead atoms. The summed E-state index contributed by atoms with van der Waals surface area (Å²) in [5.74, 6) is -2.32. The number of benzene rings is 2. The van der Waals surface area contributed by atoms with E-state index in [4.69, 9.17) is 7.85 Å². The summed E-state index contributed by atoms with van der Waals surface area (Å²) in [6, 6.07) is 8.60. The van der Waals surface area contributed by atoms with Gasteiger partial charge in [0.25, 0.3) is 0 Å². The smallest absolute Gasteiger partial charge is 0.242 e. The Morgan fingerprint density at radius 3 is 2.60 bits per heavy atom. The van der Waals surface area contributed by atoms with Crippen LogP contribution in [0.5, 0.6) is 0 Å². The second-order valence-corrected chi connectivity index (χ2v) is 12.5. The van der Waals surface area contributed by atoms with Crippen LogP contribution in [-0.2, 0) is 26.0 Å². The molecule has 2 amide bonds. The fraction of sp³-hybridized carbons (Fsp3) is 0.500. The van der Waals surface area contributed by atoms with E-state index in [9.17, 15) is 26.8 Å². The molecule has 2 N–H and O–H groups in total. The Kier molecular flexibility index (Phi) is 9.97. The highest BCUT2D eigenvalue weighted by Gasteiger charge is 2.36. The number of hydrogen-bond donors (Lipinski definition) is 2. The van der Waals surface area contributed by atoms with Crippen LogP contribution >= 0.6 is 0 Å². The molecule has 12 heteroatoms. The molecule has 0 aliphatic carbocycles. The van der Waals surface area contributed by atoms with Crippen LogP contribution in [0, 0.1) is 17.6 Å². The molecule has 2 fully saturated rings. The fourth-order valence-corrected chi connectivity index (χ4v) is 7.01. The van der Waals surface area contributed by atoms with E-state index in [0.29, 0.717) is 31.6 Å². The molecule has 2 aromatic rings. The molecule has 4 rings (SSSR count). The van der Waals surface area contributed by atoms with Crippen LogP contribution in [0.2, 0.25) is 0 Å². The van der Waals surface area contributed by atoms with E-state index < -0.39 is 33.6 Å². The largest absolute Gasteiger partial charge is 0.353 e. The molecule has 2 aliphatic heterocycles. The van der Waals surface area contributed by atoms with Gasteiger partial charge in [-0.3, -0.25) is 9.59 Å². The van der Waals surface area contributed by atoms with Gasteiger partial charge < -0.3 is 15.5 Å². The molecule has 0 saturated carbocycles. The van der Waals surface area contributed by atoms with Crippen LogP contribution < -0.4 is 16.1 Å². The van der Waals surface area contributed by atoms with Crippen molar-refractivity contribution < 1.29 is 26.8 Å². The summed E-state index contributed by atoms with van der Waals surface area (Å²) in [4.78, 5) is 27.4. The van der Waals surface area contributed by atoms with Crippen molar-refractivity contribution in [2.24, 2.45) is 5.92 Å². The molecule has 40 heavy (non-hydrogen) atoms. The minimum Gasteiger partial charge on any atom is -0.353 e. The van der Waals surface area contributed by atoms with E-state index in [1.54, 1.807) is 17.0 Å². The maximum atomic E-state index is 13.9. The van der Waals surface area contributed by atoms with Gasteiger partial charge in [0.1, 0.15) is 19.5 Å². The first-order valence-corrected chi connectivity index (χ1v) is 15.1. The van der Waals surface area contributed by atoms with E-state index in [-0.39, 0.29) is 54.1 Å². The highest BCUT2D eigenvalue weighted by Crippen LogP contribution is 2.22. The Balaban J connectivity index is 1.49. The Hall–Kier alpha value is -2.83. The number of unbranched alkanes of at least 4 members (excludes halogenated alkanes) is 1. The second kappa shape index (κ2) is 13.2. The Bertz CT molecular complexity index is 1310. The summed E-state index contributed by atoms with van der Waals surface area (Å²) >= 11 is 0. The lowest BCUT2D eigenvalue weighted by atomic mass is 9.97. The minimum atomic E-state index is -3.85. The molecule has 3 atom stereocenters. The number of rotatable bonds is 11. The average molecular weight is 572 g/mol. The van der Waals surface area contributed by atoms with Crippen molar-refractivity contribution in [1.82, 2.24) is 19.8 Å². The molecule has 2 unspecified atom stereocenters. The quantitative estimate of drug-likeness (QED) is 0.398. The lowest BCUT2D eigenvalue weighted by molar-refractivity contribution is -0.129. The monoisotopic (exact) mass is 572 g/mol. The molecule has 2 aliphatic rings. The van der Waals surface area contributed by atoms with Gasteiger partial charge in [-0.2, -0.15) is 4.31 Å². The lowest BCUT2D eigenvalue weighted by Gasteiger charge is -2.35. The third-order valence-corrected chi connectivity index (χ3v) is 9.38. The number of amides is 2. The first-order chi connectivity index (χ1) is 19.1. The molecule has 0 aromatic heterocycles. The summed E-state index contributed by atoms with van der Waals surface area (Å²) in [6.07, 6.45) is 2.35. The van der Waals surface area contributed by atoms with Gasteiger partial charge >= 0.3 is 0 Å². The van der Waals surface area contributed by atoms with Crippen molar-refractivity contribution in [2.75, 3.05) is 32.7 Å². The maximum Gasteiger partial charge on any atom is 0.242 e. The molecule has 2 radical (unpaired) electrons. The third kappa shape index (κ3) is 7.47. The van der Waals surface area contributed by atoms with Gasteiger partial charge in [-0.25, -0.2) is 17.2 Å². The first-order valence-electron chi connectivity index (χ1n) is 13.7. The molecule has 8 nitrogen and oxygen atoms in total. The molecule has 2 aromatic carbocycles. The molecule has 214 valence electrons. The predicted molar refractivity (Wildman–Crippen MR) is 149 cm³/mol. The van der Waals surface area contributed by atoms with Crippen LogP contribution in [0.25, 0.3) is 0 Å². The van der Waals surface area contributed by atoms with Crippen LogP contribution in [0.4, 0.5) is 8.78 Å². The molecular formula is C28H35BF2N4O4S. The number of sulfonamides is 1. The third-order valence-electron chi connectivity index (χ3n) is 7.44. The highest BCUT2D eigenvalue weighted by molar-refractivity contribution is 7.89. The number of piperazine rings is 1. The summed E-state index contributed by atoms with van der Waals surface area (Å²) < 4.78 is 55.9. The van der Waals surface area contributed by atoms with E-state index in [0.717, 1.165) is 18.9 Å². The van der Waals surface area contributed by atoms with Crippen molar-refractivity contribution in [3.63, 3.8) is 0 Å². The highest BCUT2D eigenvalue weighted by atomic mass is 32.2. The predicted octanol–water partition coefficient (Wildman–Crippen LogP) is 1.49. The maximum absolute atomic E-state index is 13.9. The number of nitrogens with zero attached hydrogens (tertiary/aromatic N) is 2. The van der Waals surface area contributed by atoms with E-state index in [1.807, 2.05) is 6.92 Å². The van der Waals surface area contributed by atoms with E-state index >= 15 is 0 Å². The summed E-state index contributed by atoms with van der Waals surface area (Å²) in [7, 11) is 2.09. The Labute approximate surface area is 236 Å². The van der Waals surface area contributed by atoms with Crippen LogP contribution in [-0.4, -0.2) is 82.1 Å². The number of nitrogens with one attached hydrogen (secondary N) is 2. The standard InChI is InChI=1S/C28H35BF2N4O4S/c1-2-3-9-34-17-20(14-27(34)36)28(37)33-23(13-19-11-21(30)15-22(31)12-19)16-24-18-35(10-8-32-24)40(38,39)26-7-5-4-6-25(26)29/h4-7,11-12,15,20,23-24,32H,2-3,8-10,13-14,16-18H2,1H3,(H,33,37)/t20?,23?,24-/m0/s1. The normalized spacial score (nSPS) is 21.0. The van der Waals surface area contributed by atoms with Crippen molar-refractivity contribution >= 4 is 35.1 Å². The molecule has 2 saturated heterocycles. The van der Waals surface area contributed by atoms with Gasteiger partial charge in [0, 0.05) is 57.3 Å². The van der Waals surface area contributed by atoms with Crippen LogP contribution in [0.15, 0.2) is 47.4 Å². The number of carbonyl (C=O) groups is 2. The van der Waals surface area contributed by atoms with Gasteiger partial charge in [0.05, 0.1) is 10.8 Å². The fourth-order valence-electron chi connectivity index (χ4n) is 5.41. The summed E-state index contributed by atoms with van der Waals surface area (Å²) in [5.41, 5.74) is 0.530. The molecule has 0 spiro atoms. The van der Waals surface area contributed by atoms with Crippen LogP contribution in [0.1, 0.15) is 38.2 Å². The zero-order valence-electron chi connectivity index (χ0n) is 22.6. The average Bonchev–Trinajstić information content (AvgIpc) is 3.27. The number of halogens is 2. The minimum absolute atomic E-state index is 0.0364. The zero-order valence-corrected chi connectivity index (χ0v) is 23.4. The zero-order chi connectivity index (χ0) is 28.9. The van der Waals surface area contributed by atoms with Gasteiger partial charge in [-0.15, -0.1) is 0 Å². The number of carbonyl (C=O) groups excluding carboxylic acids is 2. The molecular weight excluding hydrogens is 537 g/mol. The second-order valence-electron chi connectivity index (χ2n) is 10.6. The topological polar surface area (TPSA) is 98.8 Å². The van der Waals surface area contributed by atoms with Gasteiger partial charge in [-0.1, -0.05) is 37.0 Å². The van der Waals surface area contributed by atoms with E-state index in [1.165, 1.54) is 28.6 Å². The summed E-state index contributed by atoms with van der Waals surface area (Å²) in [5, 5.41) is 6.30. The van der Waals surface area contributed by atoms with Crippen molar-refractivity contribution in [3.8, 4) is 0 Å². The van der Waals surface area contributed by atoms with Crippen molar-refractivity contribution in [1.29, 1.82) is 0 Å². The Morgan fingerprint density at radius 2 is 1.90 bits per heavy atom. The number of likely N-dealkylation sites (tertiary alicyclic amines) is 1. The van der Waals surface area contributed by atoms with Crippen molar-refractivity contribution in [2.45, 2.75) is 56.0 Å². The SMILES string of the molecule is [B]c1ccccc1S(=O)(=O)N1CCN[C@@H](CC(Cc2cc(F)cc(F)c2)NC(=O)C2CC(=O)N(CCCC)C2)C1. The van der Waals surface area contributed by atoms with Gasteiger partial charge in [-0.05, 0) is 43.0 Å². The first kappa shape index (κ1) is 30.1. The van der Waals surface area contributed by atoms with E-state index in [2.05, 4.69) is 10.6 Å². The number of hydrogen-bond acceptors (Lipinski definition) is 5. The van der Waals surface area contributed by atoms with Gasteiger partial charge in [0.2, 0.25) is 21.8 Å². The van der Waals surface area contributed by atoms with Crippen molar-refractivity contribution in [3.05, 3.63) is 59.7 Å². The lowest BCUT2D eigenvalue weighted by Crippen LogP contribution is -2.55. The Morgan fingerprint density at radius 1 is 1.18 bits per heavy atom. The summed E-state index contributed by atoms with van der Waals surface area (Å²) in [6.45, 7) is 3.73.